The lowest BCUT2D eigenvalue weighted by Crippen LogP contribution is -2.24. The third-order valence-corrected chi connectivity index (χ3v) is 6.84. The molecule has 1 aliphatic rings. The van der Waals surface area contributed by atoms with E-state index in [1.807, 2.05) is 31.5 Å². The SMILES string of the molecule is CC(Sc1ncnc2sc3c(c12)CCC3)C(=O)Nc1ccnn1C(C)C. The molecule has 1 unspecified atom stereocenters. The fourth-order valence-electron chi connectivity index (χ4n) is 3.26. The van der Waals surface area contributed by atoms with E-state index in [0.717, 1.165) is 33.9 Å². The first-order valence-electron chi connectivity index (χ1n) is 8.81. The molecule has 3 aromatic heterocycles. The van der Waals surface area contributed by atoms with E-state index in [9.17, 15) is 4.79 Å². The average Bonchev–Trinajstić information content (AvgIpc) is 3.29. The molecule has 0 saturated heterocycles. The molecule has 1 amide bonds. The van der Waals surface area contributed by atoms with E-state index >= 15 is 0 Å². The van der Waals surface area contributed by atoms with Crippen LogP contribution in [0.15, 0.2) is 23.6 Å². The molecule has 0 spiro atoms. The van der Waals surface area contributed by atoms with Crippen LogP contribution in [0.1, 0.15) is 43.7 Å². The standard InChI is InChI=1S/C18H21N5OS2/c1-10(2)23-14(7-8-21-23)22-16(24)11(3)25-17-15-12-5-4-6-13(12)26-18(15)20-9-19-17/h7-11H,4-6H2,1-3H3,(H,22,24). The van der Waals surface area contributed by atoms with E-state index < -0.39 is 0 Å². The highest BCUT2D eigenvalue weighted by Crippen LogP contribution is 2.40. The minimum Gasteiger partial charge on any atom is -0.310 e. The van der Waals surface area contributed by atoms with Crippen LogP contribution >= 0.6 is 23.1 Å². The smallest absolute Gasteiger partial charge is 0.238 e. The number of amides is 1. The normalized spacial score (nSPS) is 14.8. The molecule has 6 nitrogen and oxygen atoms in total. The second-order valence-corrected chi connectivity index (χ2v) is 9.13. The summed E-state index contributed by atoms with van der Waals surface area (Å²) in [5.41, 5.74) is 1.39. The van der Waals surface area contributed by atoms with Crippen LogP contribution in [0.25, 0.3) is 10.2 Å². The maximum atomic E-state index is 12.7. The van der Waals surface area contributed by atoms with E-state index in [1.54, 1.807) is 23.9 Å². The first-order valence-corrected chi connectivity index (χ1v) is 10.5. The van der Waals surface area contributed by atoms with Crippen LogP contribution in [-0.4, -0.2) is 30.9 Å². The van der Waals surface area contributed by atoms with Gasteiger partial charge in [-0.3, -0.25) is 4.79 Å². The highest BCUT2D eigenvalue weighted by Gasteiger charge is 2.24. The third kappa shape index (κ3) is 3.12. The lowest BCUT2D eigenvalue weighted by molar-refractivity contribution is -0.115. The number of rotatable bonds is 5. The van der Waals surface area contributed by atoms with E-state index in [1.165, 1.54) is 28.6 Å². The molecule has 0 fully saturated rings. The highest BCUT2D eigenvalue weighted by molar-refractivity contribution is 8.00. The monoisotopic (exact) mass is 387 g/mol. The van der Waals surface area contributed by atoms with Gasteiger partial charge >= 0.3 is 0 Å². The lowest BCUT2D eigenvalue weighted by Gasteiger charge is -2.15. The predicted octanol–water partition coefficient (Wildman–Crippen LogP) is 4.08. The Morgan fingerprint density at radius 2 is 2.15 bits per heavy atom. The molecule has 1 aliphatic carbocycles. The molecule has 0 aliphatic heterocycles. The average molecular weight is 388 g/mol. The van der Waals surface area contributed by atoms with Crippen molar-refractivity contribution in [3.8, 4) is 0 Å². The Bertz CT molecular complexity index is 962. The fraction of sp³-hybridized carbons (Fsp3) is 0.444. The zero-order valence-electron chi connectivity index (χ0n) is 15.0. The summed E-state index contributed by atoms with van der Waals surface area (Å²) in [6, 6.07) is 2.02. The van der Waals surface area contributed by atoms with Gasteiger partial charge in [-0.05, 0) is 45.6 Å². The van der Waals surface area contributed by atoms with Gasteiger partial charge in [-0.15, -0.1) is 11.3 Å². The molecule has 0 bridgehead atoms. The van der Waals surface area contributed by atoms with Gasteiger partial charge in [0, 0.05) is 22.4 Å². The topological polar surface area (TPSA) is 72.7 Å². The van der Waals surface area contributed by atoms with Crippen molar-refractivity contribution in [1.29, 1.82) is 0 Å². The second kappa shape index (κ2) is 7.00. The van der Waals surface area contributed by atoms with Crippen LogP contribution in [0.2, 0.25) is 0 Å². The molecule has 26 heavy (non-hydrogen) atoms. The van der Waals surface area contributed by atoms with E-state index in [4.69, 9.17) is 0 Å². The Morgan fingerprint density at radius 3 is 2.96 bits per heavy atom. The van der Waals surface area contributed by atoms with Crippen LogP contribution in [0.5, 0.6) is 0 Å². The Balaban J connectivity index is 1.55. The summed E-state index contributed by atoms with van der Waals surface area (Å²) in [7, 11) is 0. The third-order valence-electron chi connectivity index (χ3n) is 4.53. The summed E-state index contributed by atoms with van der Waals surface area (Å²) in [5.74, 6) is 0.678. The maximum Gasteiger partial charge on any atom is 0.238 e. The van der Waals surface area contributed by atoms with Crippen LogP contribution in [0, 0.1) is 0 Å². The minimum atomic E-state index is -0.263. The summed E-state index contributed by atoms with van der Waals surface area (Å²) in [4.78, 5) is 24.1. The number of aryl methyl sites for hydroxylation is 2. The van der Waals surface area contributed by atoms with Gasteiger partial charge in [-0.1, -0.05) is 11.8 Å². The summed E-state index contributed by atoms with van der Waals surface area (Å²) >= 11 is 3.27. The molecule has 8 heteroatoms. The zero-order chi connectivity index (χ0) is 18.3. The van der Waals surface area contributed by atoms with Crippen molar-refractivity contribution in [2.75, 3.05) is 5.32 Å². The number of thiophene rings is 1. The summed E-state index contributed by atoms with van der Waals surface area (Å²) in [6.07, 6.45) is 6.73. The van der Waals surface area contributed by atoms with Crippen LogP contribution in [-0.2, 0) is 17.6 Å². The van der Waals surface area contributed by atoms with E-state index in [2.05, 4.69) is 20.4 Å². The van der Waals surface area contributed by atoms with Crippen LogP contribution in [0.4, 0.5) is 5.82 Å². The largest absolute Gasteiger partial charge is 0.310 e. The van der Waals surface area contributed by atoms with Crippen molar-refractivity contribution in [2.45, 2.75) is 56.4 Å². The number of nitrogens with one attached hydrogen (secondary N) is 1. The first kappa shape index (κ1) is 17.5. The molecule has 3 aromatic rings. The maximum absolute atomic E-state index is 12.7. The second-order valence-electron chi connectivity index (χ2n) is 6.72. The number of anilines is 1. The quantitative estimate of drug-likeness (QED) is 0.528. The van der Waals surface area contributed by atoms with Gasteiger partial charge in [0.2, 0.25) is 5.91 Å². The Hall–Kier alpha value is -1.93. The number of hydrogen-bond donors (Lipinski definition) is 1. The number of nitrogens with zero attached hydrogens (tertiary/aromatic N) is 4. The molecular formula is C18H21N5OS2. The van der Waals surface area contributed by atoms with Crippen LogP contribution in [0.3, 0.4) is 0 Å². The Labute approximate surface area is 160 Å². The number of thioether (sulfide) groups is 1. The van der Waals surface area contributed by atoms with Crippen molar-refractivity contribution in [2.24, 2.45) is 0 Å². The van der Waals surface area contributed by atoms with Crippen molar-refractivity contribution < 1.29 is 4.79 Å². The van der Waals surface area contributed by atoms with Crippen molar-refractivity contribution in [3.63, 3.8) is 0 Å². The molecule has 0 radical (unpaired) electrons. The molecular weight excluding hydrogens is 366 g/mol. The number of aromatic nitrogens is 4. The van der Waals surface area contributed by atoms with Gasteiger partial charge in [0.1, 0.15) is 22.0 Å². The molecule has 1 N–H and O–H groups in total. The van der Waals surface area contributed by atoms with Gasteiger partial charge in [0.15, 0.2) is 0 Å². The molecule has 1 atom stereocenters. The molecule has 4 rings (SSSR count). The summed E-state index contributed by atoms with van der Waals surface area (Å²) < 4.78 is 1.81. The zero-order valence-corrected chi connectivity index (χ0v) is 16.7. The first-order chi connectivity index (χ1) is 12.5. The minimum absolute atomic E-state index is 0.0453. The van der Waals surface area contributed by atoms with Gasteiger partial charge in [-0.25, -0.2) is 14.6 Å². The molecule has 3 heterocycles. The van der Waals surface area contributed by atoms with Gasteiger partial charge < -0.3 is 5.32 Å². The lowest BCUT2D eigenvalue weighted by atomic mass is 10.2. The summed E-state index contributed by atoms with van der Waals surface area (Å²) in [5, 5.41) is 9.05. The molecule has 0 saturated carbocycles. The van der Waals surface area contributed by atoms with Crippen molar-refractivity contribution in [1.82, 2.24) is 19.7 Å². The molecule has 0 aromatic carbocycles. The Morgan fingerprint density at radius 1 is 1.31 bits per heavy atom. The Kier molecular flexibility index (Phi) is 4.71. The van der Waals surface area contributed by atoms with Gasteiger partial charge in [-0.2, -0.15) is 5.10 Å². The number of carbonyl (C=O) groups excluding carboxylic acids is 1. The predicted molar refractivity (Wildman–Crippen MR) is 106 cm³/mol. The fourth-order valence-corrected chi connectivity index (χ4v) is 5.50. The number of hydrogen-bond acceptors (Lipinski definition) is 6. The number of fused-ring (bicyclic) bond motifs is 3. The van der Waals surface area contributed by atoms with Crippen molar-refractivity contribution in [3.05, 3.63) is 29.0 Å². The van der Waals surface area contributed by atoms with E-state index in [-0.39, 0.29) is 17.2 Å². The van der Waals surface area contributed by atoms with Gasteiger partial charge in [0.05, 0.1) is 11.4 Å². The summed E-state index contributed by atoms with van der Waals surface area (Å²) in [6.45, 7) is 5.99. The van der Waals surface area contributed by atoms with Crippen molar-refractivity contribution >= 4 is 45.0 Å². The van der Waals surface area contributed by atoms with Crippen LogP contribution < -0.4 is 5.32 Å². The molecule has 136 valence electrons. The van der Waals surface area contributed by atoms with Gasteiger partial charge in [0.25, 0.3) is 0 Å². The van der Waals surface area contributed by atoms with E-state index in [0.29, 0.717) is 0 Å². The highest BCUT2D eigenvalue weighted by atomic mass is 32.2. The number of carbonyl (C=O) groups is 1.